The number of aromatic nitrogens is 4. The topological polar surface area (TPSA) is 105 Å². The highest BCUT2D eigenvalue weighted by Gasteiger charge is 2.23. The molecule has 3 heterocycles. The van der Waals surface area contributed by atoms with Crippen LogP contribution in [0.4, 0.5) is 11.6 Å². The first-order valence-electron chi connectivity index (χ1n) is 11.4. The highest BCUT2D eigenvalue weighted by molar-refractivity contribution is 6.33. The molecule has 0 saturated heterocycles. The minimum atomic E-state index is 0.345. The summed E-state index contributed by atoms with van der Waals surface area (Å²) >= 11 is 6.48. The lowest BCUT2D eigenvalue weighted by Gasteiger charge is -2.30. The fourth-order valence-electron chi connectivity index (χ4n) is 4.63. The molecule has 1 aliphatic rings. The smallest absolute Gasteiger partial charge is 0.223 e. The number of benzene rings is 1. The Morgan fingerprint density at radius 2 is 2.00 bits per heavy atom. The standard InChI is InChI=1S/C25H28ClN7/c26-22-15-31-25(33-24(22)21-14-30-23-7-2-1-6-20(21)23)32-18-5-3-4-16(10-18)11-28-13-19-9-8-17(27)12-29-19/h1-2,6-9,12,14-16,18,28,30H,3-5,10-11,13,27H2,(H,31,32,33). The summed E-state index contributed by atoms with van der Waals surface area (Å²) in [5.41, 5.74) is 10.2. The van der Waals surface area contributed by atoms with Crippen molar-refractivity contribution in [3.8, 4) is 11.3 Å². The monoisotopic (exact) mass is 461 g/mol. The molecule has 5 N–H and O–H groups in total. The molecule has 1 fully saturated rings. The molecule has 1 aliphatic carbocycles. The van der Waals surface area contributed by atoms with Gasteiger partial charge < -0.3 is 21.4 Å². The molecule has 33 heavy (non-hydrogen) atoms. The Morgan fingerprint density at radius 1 is 1.09 bits per heavy atom. The number of halogens is 1. The third-order valence-electron chi connectivity index (χ3n) is 6.29. The van der Waals surface area contributed by atoms with Crippen LogP contribution in [-0.4, -0.2) is 32.5 Å². The van der Waals surface area contributed by atoms with Crippen LogP contribution >= 0.6 is 11.6 Å². The van der Waals surface area contributed by atoms with E-state index in [-0.39, 0.29) is 0 Å². The first-order valence-corrected chi connectivity index (χ1v) is 11.8. The zero-order valence-electron chi connectivity index (χ0n) is 18.4. The summed E-state index contributed by atoms with van der Waals surface area (Å²) in [6.45, 7) is 1.72. The SMILES string of the molecule is Nc1ccc(CNCC2CCCC(Nc3ncc(Cl)c(-c4c[nH]c5ccccc45)n3)C2)nc1. The summed E-state index contributed by atoms with van der Waals surface area (Å²) in [7, 11) is 0. The lowest BCUT2D eigenvalue weighted by Crippen LogP contribution is -2.33. The predicted octanol–water partition coefficient (Wildman–Crippen LogP) is 5.02. The van der Waals surface area contributed by atoms with Crippen LogP contribution in [0.3, 0.4) is 0 Å². The fourth-order valence-corrected chi connectivity index (χ4v) is 4.82. The van der Waals surface area contributed by atoms with E-state index in [1.807, 2.05) is 36.5 Å². The summed E-state index contributed by atoms with van der Waals surface area (Å²) in [6, 6.07) is 12.4. The van der Waals surface area contributed by atoms with Crippen molar-refractivity contribution in [3.63, 3.8) is 0 Å². The number of hydrogen-bond acceptors (Lipinski definition) is 6. The van der Waals surface area contributed by atoms with Gasteiger partial charge in [0.1, 0.15) is 0 Å². The maximum absolute atomic E-state index is 6.48. The molecule has 4 aromatic rings. The maximum Gasteiger partial charge on any atom is 0.223 e. The van der Waals surface area contributed by atoms with Crippen LogP contribution in [0.25, 0.3) is 22.2 Å². The van der Waals surface area contributed by atoms with E-state index in [4.69, 9.17) is 22.3 Å². The van der Waals surface area contributed by atoms with Crippen molar-refractivity contribution in [1.82, 2.24) is 25.3 Å². The highest BCUT2D eigenvalue weighted by atomic mass is 35.5. The van der Waals surface area contributed by atoms with Gasteiger partial charge in [0.2, 0.25) is 5.95 Å². The molecule has 1 aromatic carbocycles. The summed E-state index contributed by atoms with van der Waals surface area (Å²) in [6.07, 6.45) is 9.96. The van der Waals surface area contributed by atoms with Crippen LogP contribution in [0, 0.1) is 5.92 Å². The van der Waals surface area contributed by atoms with Crippen molar-refractivity contribution in [2.75, 3.05) is 17.6 Å². The van der Waals surface area contributed by atoms with E-state index in [1.165, 1.54) is 12.8 Å². The molecule has 2 atom stereocenters. The predicted molar refractivity (Wildman–Crippen MR) is 134 cm³/mol. The second kappa shape index (κ2) is 9.77. The Bertz CT molecular complexity index is 1220. The lowest BCUT2D eigenvalue weighted by molar-refractivity contribution is 0.320. The molecule has 8 heteroatoms. The van der Waals surface area contributed by atoms with E-state index in [9.17, 15) is 0 Å². The van der Waals surface area contributed by atoms with Crippen molar-refractivity contribution in [3.05, 3.63) is 65.7 Å². The second-order valence-corrected chi connectivity index (χ2v) is 9.13. The number of nitrogens with one attached hydrogen (secondary N) is 3. The Kier molecular flexibility index (Phi) is 6.41. The fraction of sp³-hybridized carbons (Fsp3) is 0.320. The Hall–Kier alpha value is -3.16. The van der Waals surface area contributed by atoms with Gasteiger partial charge in [-0.15, -0.1) is 0 Å². The van der Waals surface area contributed by atoms with Gasteiger partial charge in [0.05, 0.1) is 34.5 Å². The van der Waals surface area contributed by atoms with Crippen LogP contribution in [0.5, 0.6) is 0 Å². The zero-order chi connectivity index (χ0) is 22.6. The number of nitrogens with zero attached hydrogens (tertiary/aromatic N) is 3. The molecule has 0 aliphatic heterocycles. The van der Waals surface area contributed by atoms with Crippen LogP contribution in [0.2, 0.25) is 5.02 Å². The average molecular weight is 462 g/mol. The van der Waals surface area contributed by atoms with Crippen LogP contribution < -0.4 is 16.4 Å². The van der Waals surface area contributed by atoms with E-state index in [1.54, 1.807) is 12.4 Å². The van der Waals surface area contributed by atoms with Crippen molar-refractivity contribution < 1.29 is 0 Å². The lowest BCUT2D eigenvalue weighted by atomic mass is 9.85. The molecule has 0 bridgehead atoms. The number of H-pyrrole nitrogens is 1. The molecule has 3 aromatic heterocycles. The van der Waals surface area contributed by atoms with E-state index in [0.29, 0.717) is 28.6 Å². The van der Waals surface area contributed by atoms with Gasteiger partial charge in [-0.2, -0.15) is 0 Å². The van der Waals surface area contributed by atoms with Gasteiger partial charge >= 0.3 is 0 Å². The number of rotatable bonds is 7. The van der Waals surface area contributed by atoms with Gasteiger partial charge in [0.25, 0.3) is 0 Å². The molecule has 2 unspecified atom stereocenters. The van der Waals surface area contributed by atoms with Gasteiger partial charge in [-0.05, 0) is 49.9 Å². The number of aromatic amines is 1. The normalized spacial score (nSPS) is 18.5. The van der Waals surface area contributed by atoms with Crippen molar-refractivity contribution >= 4 is 34.1 Å². The largest absolute Gasteiger partial charge is 0.397 e. The molecular weight excluding hydrogens is 434 g/mol. The van der Waals surface area contributed by atoms with Crippen LogP contribution in [0.1, 0.15) is 31.4 Å². The maximum atomic E-state index is 6.48. The highest BCUT2D eigenvalue weighted by Crippen LogP contribution is 2.33. The quantitative estimate of drug-likeness (QED) is 0.308. The Balaban J connectivity index is 1.22. The van der Waals surface area contributed by atoms with Gasteiger partial charge in [-0.3, -0.25) is 4.98 Å². The zero-order valence-corrected chi connectivity index (χ0v) is 19.1. The molecule has 1 saturated carbocycles. The van der Waals surface area contributed by atoms with E-state index in [2.05, 4.69) is 31.7 Å². The number of anilines is 2. The molecule has 7 nitrogen and oxygen atoms in total. The Morgan fingerprint density at radius 3 is 2.88 bits per heavy atom. The Labute approximate surface area is 198 Å². The summed E-state index contributed by atoms with van der Waals surface area (Å²) < 4.78 is 0. The molecular formula is C25H28ClN7. The van der Waals surface area contributed by atoms with Crippen molar-refractivity contribution in [1.29, 1.82) is 0 Å². The molecule has 5 rings (SSSR count). The number of hydrogen-bond donors (Lipinski definition) is 4. The van der Waals surface area contributed by atoms with Crippen LogP contribution in [0.15, 0.2) is 55.0 Å². The number of para-hydroxylation sites is 1. The second-order valence-electron chi connectivity index (χ2n) is 8.73. The third-order valence-corrected chi connectivity index (χ3v) is 6.57. The van der Waals surface area contributed by atoms with E-state index in [0.717, 1.165) is 53.8 Å². The van der Waals surface area contributed by atoms with Gasteiger partial charge in [-0.1, -0.05) is 36.2 Å². The van der Waals surface area contributed by atoms with E-state index >= 15 is 0 Å². The van der Waals surface area contributed by atoms with Gasteiger partial charge in [-0.25, -0.2) is 9.97 Å². The molecule has 0 radical (unpaired) electrons. The molecule has 0 spiro atoms. The average Bonchev–Trinajstić information content (AvgIpc) is 3.26. The number of nitrogens with two attached hydrogens (primary N) is 1. The first-order chi connectivity index (χ1) is 16.2. The number of fused-ring (bicyclic) bond motifs is 1. The van der Waals surface area contributed by atoms with Crippen molar-refractivity contribution in [2.24, 2.45) is 5.92 Å². The van der Waals surface area contributed by atoms with Gasteiger partial charge in [0.15, 0.2) is 0 Å². The summed E-state index contributed by atoms with van der Waals surface area (Å²) in [5.74, 6) is 1.23. The third kappa shape index (κ3) is 5.10. The minimum Gasteiger partial charge on any atom is -0.397 e. The first kappa shape index (κ1) is 21.7. The van der Waals surface area contributed by atoms with Crippen molar-refractivity contribution in [2.45, 2.75) is 38.3 Å². The number of nitrogen functional groups attached to an aromatic ring is 1. The number of pyridine rings is 1. The molecule has 0 amide bonds. The van der Waals surface area contributed by atoms with Gasteiger partial charge in [0, 0.05) is 35.2 Å². The van der Waals surface area contributed by atoms with Crippen LogP contribution in [-0.2, 0) is 6.54 Å². The summed E-state index contributed by atoms with van der Waals surface area (Å²) in [5, 5.41) is 8.75. The van der Waals surface area contributed by atoms with E-state index < -0.39 is 0 Å². The summed E-state index contributed by atoms with van der Waals surface area (Å²) in [4.78, 5) is 16.9. The minimum absolute atomic E-state index is 0.345. The molecule has 170 valence electrons.